The van der Waals surface area contributed by atoms with E-state index >= 15 is 0 Å². The second-order valence-corrected chi connectivity index (χ2v) is 6.12. The SMILES string of the molecule is CCCCNC(=S)N/N=C\c1cc(Br)c(OCCC)c(OC)c1. The average Bonchev–Trinajstić information content (AvgIpc) is 2.53. The molecule has 0 unspecified atom stereocenters. The van der Waals surface area contributed by atoms with Crippen molar-refractivity contribution in [1.29, 1.82) is 0 Å². The number of nitrogens with one attached hydrogen (secondary N) is 2. The van der Waals surface area contributed by atoms with E-state index in [4.69, 9.17) is 21.7 Å². The third-order valence-corrected chi connectivity index (χ3v) is 3.72. The fourth-order valence-electron chi connectivity index (χ4n) is 1.74. The third kappa shape index (κ3) is 7.18. The first-order chi connectivity index (χ1) is 11.1. The molecule has 0 saturated carbocycles. The van der Waals surface area contributed by atoms with E-state index in [1.54, 1.807) is 13.3 Å². The van der Waals surface area contributed by atoms with E-state index in [9.17, 15) is 0 Å². The maximum atomic E-state index is 5.70. The minimum atomic E-state index is 0.517. The van der Waals surface area contributed by atoms with Gasteiger partial charge in [0.2, 0.25) is 0 Å². The van der Waals surface area contributed by atoms with Crippen LogP contribution < -0.4 is 20.2 Å². The van der Waals surface area contributed by atoms with Gasteiger partial charge in [0.05, 0.1) is 24.4 Å². The number of nitrogens with zero attached hydrogens (tertiary/aromatic N) is 1. The zero-order chi connectivity index (χ0) is 17.1. The fraction of sp³-hybridized carbons (Fsp3) is 0.500. The molecule has 0 aromatic heterocycles. The lowest BCUT2D eigenvalue weighted by Crippen LogP contribution is -2.32. The predicted molar refractivity (Wildman–Crippen MR) is 103 cm³/mol. The first-order valence-corrected chi connectivity index (χ1v) is 8.89. The first-order valence-electron chi connectivity index (χ1n) is 7.69. The van der Waals surface area contributed by atoms with Gasteiger partial charge in [0.1, 0.15) is 0 Å². The molecule has 0 fully saturated rings. The van der Waals surface area contributed by atoms with Crippen LogP contribution in [0.25, 0.3) is 0 Å². The molecular formula is C16H24BrN3O2S. The maximum absolute atomic E-state index is 5.70. The van der Waals surface area contributed by atoms with Gasteiger partial charge in [-0.15, -0.1) is 0 Å². The van der Waals surface area contributed by atoms with Gasteiger partial charge in [-0.1, -0.05) is 20.3 Å². The molecule has 1 aromatic carbocycles. The molecule has 128 valence electrons. The number of rotatable bonds is 9. The van der Waals surface area contributed by atoms with E-state index < -0.39 is 0 Å². The molecular weight excluding hydrogens is 378 g/mol. The van der Waals surface area contributed by atoms with Crippen molar-refractivity contribution in [2.24, 2.45) is 5.10 Å². The van der Waals surface area contributed by atoms with Crippen LogP contribution in [0.4, 0.5) is 0 Å². The molecule has 7 heteroatoms. The van der Waals surface area contributed by atoms with Crippen LogP contribution in [-0.4, -0.2) is 31.6 Å². The smallest absolute Gasteiger partial charge is 0.186 e. The van der Waals surface area contributed by atoms with Crippen molar-refractivity contribution in [1.82, 2.24) is 10.7 Å². The van der Waals surface area contributed by atoms with Crippen molar-refractivity contribution in [2.75, 3.05) is 20.3 Å². The Labute approximate surface area is 151 Å². The zero-order valence-corrected chi connectivity index (χ0v) is 16.2. The summed E-state index contributed by atoms with van der Waals surface area (Å²) in [7, 11) is 1.62. The highest BCUT2D eigenvalue weighted by Crippen LogP contribution is 2.36. The predicted octanol–water partition coefficient (Wildman–Crippen LogP) is 3.84. The Hall–Kier alpha value is -1.34. The van der Waals surface area contributed by atoms with Crippen LogP contribution in [0.15, 0.2) is 21.7 Å². The summed E-state index contributed by atoms with van der Waals surface area (Å²) in [5.41, 5.74) is 3.67. The largest absolute Gasteiger partial charge is 0.493 e. The number of thiocarbonyl (C=S) groups is 1. The second kappa shape index (κ2) is 11.2. The summed E-state index contributed by atoms with van der Waals surface area (Å²) in [5.74, 6) is 1.37. The van der Waals surface area contributed by atoms with Crippen LogP contribution in [0.1, 0.15) is 38.7 Å². The van der Waals surface area contributed by atoms with Crippen molar-refractivity contribution in [3.8, 4) is 11.5 Å². The van der Waals surface area contributed by atoms with Gasteiger partial charge in [0, 0.05) is 6.54 Å². The highest BCUT2D eigenvalue weighted by Gasteiger charge is 2.10. The first kappa shape index (κ1) is 19.7. The van der Waals surface area contributed by atoms with Gasteiger partial charge in [-0.05, 0) is 58.7 Å². The summed E-state index contributed by atoms with van der Waals surface area (Å²) < 4.78 is 11.9. The number of unbranched alkanes of at least 4 members (excludes halogenated alkanes) is 1. The highest BCUT2D eigenvalue weighted by atomic mass is 79.9. The molecule has 0 saturated heterocycles. The lowest BCUT2D eigenvalue weighted by molar-refractivity contribution is 0.292. The molecule has 23 heavy (non-hydrogen) atoms. The quantitative estimate of drug-likeness (QED) is 0.285. The Morgan fingerprint density at radius 2 is 2.13 bits per heavy atom. The van der Waals surface area contributed by atoms with Crippen LogP contribution in [0.3, 0.4) is 0 Å². The minimum absolute atomic E-state index is 0.517. The molecule has 0 aliphatic carbocycles. The molecule has 2 N–H and O–H groups in total. The van der Waals surface area contributed by atoms with E-state index in [0.717, 1.165) is 35.8 Å². The van der Waals surface area contributed by atoms with E-state index in [1.165, 1.54) is 0 Å². The topological polar surface area (TPSA) is 54.9 Å². The Bertz CT molecular complexity index is 538. The Kier molecular flexibility index (Phi) is 9.63. The molecule has 0 spiro atoms. The Balaban J connectivity index is 2.68. The van der Waals surface area contributed by atoms with Gasteiger partial charge < -0.3 is 14.8 Å². The van der Waals surface area contributed by atoms with E-state index in [-0.39, 0.29) is 0 Å². The van der Waals surface area contributed by atoms with Gasteiger partial charge in [-0.3, -0.25) is 5.43 Å². The normalized spacial score (nSPS) is 10.6. The third-order valence-electron chi connectivity index (χ3n) is 2.90. The van der Waals surface area contributed by atoms with Crippen LogP contribution in [0, 0.1) is 0 Å². The van der Waals surface area contributed by atoms with Crippen molar-refractivity contribution in [3.05, 3.63) is 22.2 Å². The minimum Gasteiger partial charge on any atom is -0.493 e. The summed E-state index contributed by atoms with van der Waals surface area (Å²) in [4.78, 5) is 0. The molecule has 1 rings (SSSR count). The zero-order valence-electron chi connectivity index (χ0n) is 13.8. The maximum Gasteiger partial charge on any atom is 0.186 e. The van der Waals surface area contributed by atoms with Crippen molar-refractivity contribution in [2.45, 2.75) is 33.1 Å². The molecule has 0 aliphatic rings. The number of hydrogen-bond donors (Lipinski definition) is 2. The second-order valence-electron chi connectivity index (χ2n) is 4.86. The van der Waals surface area contributed by atoms with E-state index in [1.807, 2.05) is 12.1 Å². The number of hydrogen-bond acceptors (Lipinski definition) is 4. The molecule has 1 aromatic rings. The molecule has 0 atom stereocenters. The number of hydrazone groups is 1. The highest BCUT2D eigenvalue weighted by molar-refractivity contribution is 9.10. The van der Waals surface area contributed by atoms with Crippen LogP contribution in [0.2, 0.25) is 0 Å². The molecule has 0 bridgehead atoms. The van der Waals surface area contributed by atoms with Crippen molar-refractivity contribution >= 4 is 39.5 Å². The van der Waals surface area contributed by atoms with Crippen LogP contribution in [0.5, 0.6) is 11.5 Å². The summed E-state index contributed by atoms with van der Waals surface area (Å²) in [6, 6.07) is 3.79. The summed E-state index contributed by atoms with van der Waals surface area (Å²) in [6.07, 6.45) is 4.82. The monoisotopic (exact) mass is 401 g/mol. The van der Waals surface area contributed by atoms with Gasteiger partial charge >= 0.3 is 0 Å². The lowest BCUT2D eigenvalue weighted by Gasteiger charge is -2.12. The number of ether oxygens (including phenoxy) is 2. The van der Waals surface area contributed by atoms with E-state index in [0.29, 0.717) is 23.2 Å². The Morgan fingerprint density at radius 3 is 2.78 bits per heavy atom. The van der Waals surface area contributed by atoms with Crippen LogP contribution in [-0.2, 0) is 0 Å². The fourth-order valence-corrected chi connectivity index (χ4v) is 2.47. The molecule has 5 nitrogen and oxygen atoms in total. The standard InChI is InChI=1S/C16H24BrN3O2S/c1-4-6-7-18-16(23)20-19-11-12-9-13(17)15(22-8-5-2)14(10-12)21-3/h9-11H,4-8H2,1-3H3,(H2,18,20,23)/b19-11-. The van der Waals surface area contributed by atoms with Crippen molar-refractivity contribution in [3.63, 3.8) is 0 Å². The van der Waals surface area contributed by atoms with E-state index in [2.05, 4.69) is 45.6 Å². The van der Waals surface area contributed by atoms with Gasteiger partial charge in [0.25, 0.3) is 0 Å². The van der Waals surface area contributed by atoms with Crippen LogP contribution >= 0.6 is 28.1 Å². The summed E-state index contributed by atoms with van der Waals surface area (Å²) in [5, 5.41) is 7.74. The molecule has 0 aliphatic heterocycles. The Morgan fingerprint density at radius 1 is 1.35 bits per heavy atom. The van der Waals surface area contributed by atoms with Gasteiger partial charge in [-0.25, -0.2) is 0 Å². The molecule has 0 radical (unpaired) electrons. The van der Waals surface area contributed by atoms with Gasteiger partial charge in [0.15, 0.2) is 16.6 Å². The number of halogens is 1. The van der Waals surface area contributed by atoms with Crippen molar-refractivity contribution < 1.29 is 9.47 Å². The number of benzene rings is 1. The molecule has 0 amide bonds. The number of methoxy groups -OCH3 is 1. The lowest BCUT2D eigenvalue weighted by atomic mass is 10.2. The van der Waals surface area contributed by atoms with Gasteiger partial charge in [-0.2, -0.15) is 5.10 Å². The summed E-state index contributed by atoms with van der Waals surface area (Å²) >= 11 is 8.64. The summed E-state index contributed by atoms with van der Waals surface area (Å²) in [6.45, 7) is 5.68. The molecule has 0 heterocycles. The average molecular weight is 402 g/mol.